The second-order valence-corrected chi connectivity index (χ2v) is 7.70. The molecule has 1 atom stereocenters. The van der Waals surface area contributed by atoms with Crippen molar-refractivity contribution in [2.45, 2.75) is 31.2 Å². The van der Waals surface area contributed by atoms with Gasteiger partial charge in [0.2, 0.25) is 23.5 Å². The molecule has 0 radical (unpaired) electrons. The number of nitrogens with one attached hydrogen (secondary N) is 2. The van der Waals surface area contributed by atoms with Crippen molar-refractivity contribution in [1.82, 2.24) is 20.8 Å². The molecule has 0 saturated carbocycles. The molecule has 1 fully saturated rings. The molecule has 2 heterocycles. The normalized spacial score (nSPS) is 19.3. The van der Waals surface area contributed by atoms with Gasteiger partial charge in [0, 0.05) is 5.75 Å². The zero-order valence-corrected chi connectivity index (χ0v) is 14.5. The SMILES string of the molecule is CC1(C)SC[C@@H](C(=O)NCc2nc(-c3ccccc3F)no2)NC1=O. The van der Waals surface area contributed by atoms with Gasteiger partial charge in [-0.1, -0.05) is 17.3 Å². The van der Waals surface area contributed by atoms with Crippen molar-refractivity contribution >= 4 is 23.6 Å². The van der Waals surface area contributed by atoms with E-state index in [-0.39, 0.29) is 35.6 Å². The van der Waals surface area contributed by atoms with Crippen LogP contribution < -0.4 is 10.6 Å². The summed E-state index contributed by atoms with van der Waals surface area (Å²) < 4.78 is 18.2. The third-order valence-corrected chi connectivity index (χ3v) is 5.18. The van der Waals surface area contributed by atoms with Crippen LogP contribution >= 0.6 is 11.8 Å². The highest BCUT2D eigenvalue weighted by molar-refractivity contribution is 8.01. The predicted octanol–water partition coefficient (Wildman–Crippen LogP) is 1.50. The lowest BCUT2D eigenvalue weighted by Gasteiger charge is -2.32. The quantitative estimate of drug-likeness (QED) is 0.853. The van der Waals surface area contributed by atoms with Gasteiger partial charge in [0.25, 0.3) is 0 Å². The van der Waals surface area contributed by atoms with E-state index in [9.17, 15) is 14.0 Å². The number of amides is 2. The van der Waals surface area contributed by atoms with Crippen molar-refractivity contribution < 1.29 is 18.5 Å². The van der Waals surface area contributed by atoms with E-state index in [1.165, 1.54) is 17.8 Å². The van der Waals surface area contributed by atoms with Crippen molar-refractivity contribution in [3.8, 4) is 11.4 Å². The van der Waals surface area contributed by atoms with Gasteiger partial charge in [-0.05, 0) is 26.0 Å². The summed E-state index contributed by atoms with van der Waals surface area (Å²) in [5, 5.41) is 9.05. The monoisotopic (exact) mass is 364 g/mol. The van der Waals surface area contributed by atoms with Gasteiger partial charge >= 0.3 is 0 Å². The molecule has 2 N–H and O–H groups in total. The van der Waals surface area contributed by atoms with E-state index < -0.39 is 16.6 Å². The minimum absolute atomic E-state index is 0.000710. The van der Waals surface area contributed by atoms with Crippen molar-refractivity contribution in [3.63, 3.8) is 0 Å². The average molecular weight is 364 g/mol. The molecule has 132 valence electrons. The van der Waals surface area contributed by atoms with Crippen molar-refractivity contribution in [3.05, 3.63) is 36.0 Å². The molecule has 1 aromatic carbocycles. The van der Waals surface area contributed by atoms with Crippen LogP contribution in [0.2, 0.25) is 0 Å². The number of nitrogens with zero attached hydrogens (tertiary/aromatic N) is 2. The largest absolute Gasteiger partial charge is 0.345 e. The lowest BCUT2D eigenvalue weighted by Crippen LogP contribution is -2.57. The molecule has 0 bridgehead atoms. The Labute approximate surface area is 147 Å². The molecule has 25 heavy (non-hydrogen) atoms. The Morgan fingerprint density at radius 1 is 1.48 bits per heavy atom. The predicted molar refractivity (Wildman–Crippen MR) is 90.0 cm³/mol. The lowest BCUT2D eigenvalue weighted by molar-refractivity contribution is -0.129. The second-order valence-electron chi connectivity index (χ2n) is 6.06. The highest BCUT2D eigenvalue weighted by Crippen LogP contribution is 2.29. The van der Waals surface area contributed by atoms with Crippen molar-refractivity contribution in [1.29, 1.82) is 0 Å². The first kappa shape index (κ1) is 17.4. The number of carbonyl (C=O) groups excluding carboxylic acids is 2. The van der Waals surface area contributed by atoms with E-state index in [1.807, 2.05) is 13.8 Å². The lowest BCUT2D eigenvalue weighted by atomic mass is 10.1. The topological polar surface area (TPSA) is 97.1 Å². The molecular formula is C16H17FN4O3S. The van der Waals surface area contributed by atoms with Crippen LogP contribution in [0.25, 0.3) is 11.4 Å². The molecule has 1 aromatic heterocycles. The molecule has 2 aromatic rings. The molecule has 7 nitrogen and oxygen atoms in total. The maximum absolute atomic E-state index is 13.7. The van der Waals surface area contributed by atoms with Gasteiger partial charge < -0.3 is 15.2 Å². The highest BCUT2D eigenvalue weighted by Gasteiger charge is 2.37. The first-order valence-electron chi connectivity index (χ1n) is 7.67. The van der Waals surface area contributed by atoms with E-state index in [0.29, 0.717) is 5.75 Å². The van der Waals surface area contributed by atoms with Crippen LogP contribution in [0, 0.1) is 5.82 Å². The Hall–Kier alpha value is -2.42. The fraction of sp³-hybridized carbons (Fsp3) is 0.375. The van der Waals surface area contributed by atoms with Gasteiger partial charge in [0.05, 0.1) is 16.9 Å². The van der Waals surface area contributed by atoms with Crippen LogP contribution in [0.5, 0.6) is 0 Å². The Bertz CT molecular complexity index is 808. The van der Waals surface area contributed by atoms with Crippen molar-refractivity contribution in [2.75, 3.05) is 5.75 Å². The second kappa shape index (κ2) is 6.83. The molecule has 1 aliphatic rings. The number of hydrogen-bond acceptors (Lipinski definition) is 6. The third kappa shape index (κ3) is 3.81. The highest BCUT2D eigenvalue weighted by atomic mass is 32.2. The molecule has 0 spiro atoms. The van der Waals surface area contributed by atoms with Crippen molar-refractivity contribution in [2.24, 2.45) is 0 Å². The first-order chi connectivity index (χ1) is 11.9. The number of hydrogen-bond donors (Lipinski definition) is 2. The van der Waals surface area contributed by atoms with Gasteiger partial charge in [-0.3, -0.25) is 9.59 Å². The summed E-state index contributed by atoms with van der Waals surface area (Å²) in [6, 6.07) is 5.47. The van der Waals surface area contributed by atoms with Gasteiger partial charge in [-0.2, -0.15) is 4.98 Å². The van der Waals surface area contributed by atoms with Crippen LogP contribution in [0.4, 0.5) is 4.39 Å². The molecule has 9 heteroatoms. The number of rotatable bonds is 4. The number of benzene rings is 1. The standard InChI is InChI=1S/C16H17FN4O3S/c1-16(2)15(23)19-11(8-25-16)14(22)18-7-12-20-13(21-24-12)9-5-3-4-6-10(9)17/h3-6,11H,7-8H2,1-2H3,(H,18,22)(H,19,23)/t11-/m0/s1. The zero-order valence-electron chi connectivity index (χ0n) is 13.7. The average Bonchev–Trinajstić information content (AvgIpc) is 3.04. The van der Waals surface area contributed by atoms with Crippen LogP contribution in [0.15, 0.2) is 28.8 Å². The Kier molecular flexibility index (Phi) is 4.76. The summed E-state index contributed by atoms with van der Waals surface area (Å²) in [6.45, 7) is 3.62. The number of halogens is 1. The van der Waals surface area contributed by atoms with E-state index in [1.54, 1.807) is 18.2 Å². The smallest absolute Gasteiger partial charge is 0.246 e. The van der Waals surface area contributed by atoms with Crippen LogP contribution in [-0.2, 0) is 16.1 Å². The van der Waals surface area contributed by atoms with Crippen LogP contribution in [-0.4, -0.2) is 38.5 Å². The fourth-order valence-corrected chi connectivity index (χ4v) is 3.24. The first-order valence-corrected chi connectivity index (χ1v) is 8.65. The molecule has 1 saturated heterocycles. The molecule has 0 aliphatic carbocycles. The van der Waals surface area contributed by atoms with E-state index in [2.05, 4.69) is 20.8 Å². The van der Waals surface area contributed by atoms with E-state index in [4.69, 9.17) is 4.52 Å². The third-order valence-electron chi connectivity index (χ3n) is 3.78. The number of thioether (sulfide) groups is 1. The number of aromatic nitrogens is 2. The van der Waals surface area contributed by atoms with Gasteiger partial charge in [0.15, 0.2) is 0 Å². The summed E-state index contributed by atoms with van der Waals surface area (Å²) in [6.07, 6.45) is 0. The minimum Gasteiger partial charge on any atom is -0.345 e. The van der Waals surface area contributed by atoms with Crippen LogP contribution in [0.3, 0.4) is 0 Å². The van der Waals surface area contributed by atoms with E-state index >= 15 is 0 Å². The maximum atomic E-state index is 13.7. The zero-order chi connectivity index (χ0) is 18.0. The van der Waals surface area contributed by atoms with Gasteiger partial charge in [-0.25, -0.2) is 4.39 Å². The van der Waals surface area contributed by atoms with Gasteiger partial charge in [-0.15, -0.1) is 11.8 Å². The summed E-state index contributed by atoms with van der Waals surface area (Å²) in [7, 11) is 0. The number of carbonyl (C=O) groups is 2. The molecule has 2 amide bonds. The molecule has 1 aliphatic heterocycles. The molecular weight excluding hydrogens is 347 g/mol. The summed E-state index contributed by atoms with van der Waals surface area (Å²) in [5.41, 5.74) is 0.224. The molecule has 0 unspecified atom stereocenters. The summed E-state index contributed by atoms with van der Waals surface area (Å²) in [4.78, 5) is 28.2. The van der Waals surface area contributed by atoms with Crippen LogP contribution in [0.1, 0.15) is 19.7 Å². The fourth-order valence-electron chi connectivity index (χ4n) is 2.24. The Balaban J connectivity index is 1.59. The minimum atomic E-state index is -0.612. The molecule has 3 rings (SSSR count). The Morgan fingerprint density at radius 2 is 2.24 bits per heavy atom. The summed E-state index contributed by atoms with van der Waals surface area (Å²) >= 11 is 1.42. The van der Waals surface area contributed by atoms with E-state index in [0.717, 1.165) is 0 Å². The maximum Gasteiger partial charge on any atom is 0.246 e. The summed E-state index contributed by atoms with van der Waals surface area (Å²) in [5.74, 6) is -0.212. The van der Waals surface area contributed by atoms with Gasteiger partial charge in [0.1, 0.15) is 11.9 Å². The Morgan fingerprint density at radius 3 is 2.96 bits per heavy atom.